The van der Waals surface area contributed by atoms with E-state index in [0.717, 1.165) is 5.56 Å². The monoisotopic (exact) mass is 222 g/mol. The zero-order valence-corrected chi connectivity index (χ0v) is 9.63. The molecule has 3 nitrogen and oxygen atoms in total. The molecular weight excluding hydrogens is 204 g/mol. The van der Waals surface area contributed by atoms with Crippen LogP contribution in [0, 0.1) is 0 Å². The van der Waals surface area contributed by atoms with E-state index in [9.17, 15) is 5.11 Å². The Balaban J connectivity index is 2.84. The molecule has 0 spiro atoms. The Morgan fingerprint density at radius 3 is 2.44 bits per heavy atom. The van der Waals surface area contributed by atoms with E-state index in [2.05, 4.69) is 0 Å². The van der Waals surface area contributed by atoms with Gasteiger partial charge in [0.05, 0.1) is 6.61 Å². The number of aliphatic hydroxyl groups is 2. The number of hydrogen-bond donors (Lipinski definition) is 2. The summed E-state index contributed by atoms with van der Waals surface area (Å²) in [5.74, 6) is -1.21. The fourth-order valence-corrected chi connectivity index (χ4v) is 1.36. The molecule has 2 N–H and O–H groups in total. The van der Waals surface area contributed by atoms with Crippen LogP contribution in [-0.2, 0) is 4.74 Å². The second kappa shape index (κ2) is 5.80. The third kappa shape index (κ3) is 4.57. The topological polar surface area (TPSA) is 49.7 Å². The fraction of sp³-hybridized carbons (Fsp3) is 0.385. The standard InChI is InChI=1S/C13H18O3/c1-13(2,15)16-12(9-6-10-14)11-7-4-3-5-8-11/h3-9,12,14-15H,10H2,1-2H3/b9-6+. The van der Waals surface area contributed by atoms with Crippen molar-refractivity contribution in [1.29, 1.82) is 0 Å². The lowest BCUT2D eigenvalue weighted by Gasteiger charge is -2.24. The van der Waals surface area contributed by atoms with Gasteiger partial charge in [0, 0.05) is 0 Å². The first-order valence-corrected chi connectivity index (χ1v) is 5.25. The molecule has 1 atom stereocenters. The Bertz CT molecular complexity index is 325. The summed E-state index contributed by atoms with van der Waals surface area (Å²) >= 11 is 0. The van der Waals surface area contributed by atoms with Crippen LogP contribution in [0.4, 0.5) is 0 Å². The SMILES string of the molecule is CC(C)(O)OC(/C=C/CO)c1ccccc1. The van der Waals surface area contributed by atoms with Crippen LogP contribution in [0.25, 0.3) is 0 Å². The maximum Gasteiger partial charge on any atom is 0.161 e. The van der Waals surface area contributed by atoms with E-state index in [1.165, 1.54) is 0 Å². The Labute approximate surface area is 96.0 Å². The van der Waals surface area contributed by atoms with E-state index in [-0.39, 0.29) is 12.7 Å². The summed E-state index contributed by atoms with van der Waals surface area (Å²) in [6.07, 6.45) is 2.98. The molecule has 0 radical (unpaired) electrons. The van der Waals surface area contributed by atoms with Gasteiger partial charge in [-0.25, -0.2) is 0 Å². The van der Waals surface area contributed by atoms with E-state index < -0.39 is 5.79 Å². The van der Waals surface area contributed by atoms with Crippen LogP contribution < -0.4 is 0 Å². The van der Waals surface area contributed by atoms with Crippen molar-refractivity contribution in [3.05, 3.63) is 48.0 Å². The third-order valence-electron chi connectivity index (χ3n) is 1.96. The molecule has 88 valence electrons. The third-order valence-corrected chi connectivity index (χ3v) is 1.96. The Morgan fingerprint density at radius 2 is 1.94 bits per heavy atom. The van der Waals surface area contributed by atoms with Crippen LogP contribution in [0.5, 0.6) is 0 Å². The summed E-state index contributed by atoms with van der Waals surface area (Å²) in [7, 11) is 0. The molecule has 1 aromatic rings. The predicted molar refractivity (Wildman–Crippen MR) is 62.8 cm³/mol. The Hall–Kier alpha value is -1.16. The van der Waals surface area contributed by atoms with Gasteiger partial charge in [-0.15, -0.1) is 0 Å². The molecule has 0 heterocycles. The highest BCUT2D eigenvalue weighted by Gasteiger charge is 2.19. The first kappa shape index (κ1) is 12.9. The molecule has 0 saturated heterocycles. The lowest BCUT2D eigenvalue weighted by Crippen LogP contribution is -2.25. The van der Waals surface area contributed by atoms with Crippen LogP contribution >= 0.6 is 0 Å². The van der Waals surface area contributed by atoms with Gasteiger partial charge in [0.15, 0.2) is 5.79 Å². The largest absolute Gasteiger partial charge is 0.392 e. The van der Waals surface area contributed by atoms with Crippen LogP contribution in [-0.4, -0.2) is 22.6 Å². The molecule has 0 saturated carbocycles. The van der Waals surface area contributed by atoms with E-state index in [1.54, 1.807) is 26.0 Å². The van der Waals surface area contributed by atoms with Crippen molar-refractivity contribution in [3.63, 3.8) is 0 Å². The number of aliphatic hydroxyl groups excluding tert-OH is 1. The van der Waals surface area contributed by atoms with Gasteiger partial charge in [0.25, 0.3) is 0 Å². The van der Waals surface area contributed by atoms with Crippen LogP contribution in [0.3, 0.4) is 0 Å². The average Bonchev–Trinajstić information content (AvgIpc) is 2.24. The van der Waals surface area contributed by atoms with Crippen LogP contribution in [0.2, 0.25) is 0 Å². The highest BCUT2D eigenvalue weighted by molar-refractivity contribution is 5.21. The van der Waals surface area contributed by atoms with Crippen molar-refractivity contribution >= 4 is 0 Å². The highest BCUT2D eigenvalue weighted by Crippen LogP contribution is 2.23. The molecular formula is C13H18O3. The Kier molecular flexibility index (Phi) is 4.68. The maximum atomic E-state index is 9.63. The van der Waals surface area contributed by atoms with Crippen molar-refractivity contribution in [3.8, 4) is 0 Å². The maximum absolute atomic E-state index is 9.63. The molecule has 1 aromatic carbocycles. The van der Waals surface area contributed by atoms with Gasteiger partial charge in [-0.05, 0) is 19.4 Å². The first-order valence-electron chi connectivity index (χ1n) is 5.25. The van der Waals surface area contributed by atoms with Gasteiger partial charge in [-0.1, -0.05) is 42.5 Å². The number of hydrogen-bond acceptors (Lipinski definition) is 3. The normalized spacial score (nSPS) is 14.2. The van der Waals surface area contributed by atoms with E-state index in [1.807, 2.05) is 30.3 Å². The highest BCUT2D eigenvalue weighted by atomic mass is 16.6. The van der Waals surface area contributed by atoms with Crippen LogP contribution in [0.15, 0.2) is 42.5 Å². The smallest absolute Gasteiger partial charge is 0.161 e. The minimum absolute atomic E-state index is 0.0431. The summed E-state index contributed by atoms with van der Waals surface area (Å²) in [6, 6.07) is 9.56. The van der Waals surface area contributed by atoms with Crippen molar-refractivity contribution in [1.82, 2.24) is 0 Å². The summed E-state index contributed by atoms with van der Waals surface area (Å²) in [4.78, 5) is 0. The fourth-order valence-electron chi connectivity index (χ4n) is 1.36. The molecule has 0 aliphatic carbocycles. The molecule has 16 heavy (non-hydrogen) atoms. The summed E-state index contributed by atoms with van der Waals surface area (Å²) in [5, 5.41) is 18.4. The average molecular weight is 222 g/mol. The minimum atomic E-state index is -1.21. The Morgan fingerprint density at radius 1 is 1.31 bits per heavy atom. The van der Waals surface area contributed by atoms with Gasteiger partial charge < -0.3 is 14.9 Å². The molecule has 0 fully saturated rings. The number of ether oxygens (including phenoxy) is 1. The van der Waals surface area contributed by atoms with Gasteiger partial charge in [-0.2, -0.15) is 0 Å². The summed E-state index contributed by atoms with van der Waals surface area (Å²) in [6.45, 7) is 3.12. The second-order valence-corrected chi connectivity index (χ2v) is 4.01. The molecule has 1 rings (SSSR count). The minimum Gasteiger partial charge on any atom is -0.392 e. The van der Waals surface area contributed by atoms with Crippen molar-refractivity contribution in [2.24, 2.45) is 0 Å². The number of rotatable bonds is 5. The van der Waals surface area contributed by atoms with Crippen molar-refractivity contribution in [2.75, 3.05) is 6.61 Å². The summed E-state index contributed by atoms with van der Waals surface area (Å²) < 4.78 is 5.48. The quantitative estimate of drug-likeness (QED) is 0.592. The molecule has 0 amide bonds. The van der Waals surface area contributed by atoms with E-state index >= 15 is 0 Å². The number of benzene rings is 1. The first-order chi connectivity index (χ1) is 7.53. The molecule has 3 heteroatoms. The zero-order chi connectivity index (χ0) is 12.0. The predicted octanol–water partition coefficient (Wildman–Crippen LogP) is 2.02. The van der Waals surface area contributed by atoms with Crippen molar-refractivity contribution < 1.29 is 14.9 Å². The molecule has 0 aromatic heterocycles. The van der Waals surface area contributed by atoms with Crippen molar-refractivity contribution in [2.45, 2.75) is 25.7 Å². The zero-order valence-electron chi connectivity index (χ0n) is 9.63. The molecule has 1 unspecified atom stereocenters. The lowest BCUT2D eigenvalue weighted by molar-refractivity contribution is -0.196. The molecule has 0 aliphatic heterocycles. The van der Waals surface area contributed by atoms with Gasteiger partial charge in [-0.3, -0.25) is 0 Å². The lowest BCUT2D eigenvalue weighted by atomic mass is 10.1. The summed E-state index contributed by atoms with van der Waals surface area (Å²) in [5.41, 5.74) is 0.939. The van der Waals surface area contributed by atoms with Gasteiger partial charge in [0.2, 0.25) is 0 Å². The van der Waals surface area contributed by atoms with E-state index in [0.29, 0.717) is 0 Å². The second-order valence-electron chi connectivity index (χ2n) is 4.01. The van der Waals surface area contributed by atoms with E-state index in [4.69, 9.17) is 9.84 Å². The van der Waals surface area contributed by atoms with Gasteiger partial charge >= 0.3 is 0 Å². The molecule has 0 bridgehead atoms. The van der Waals surface area contributed by atoms with Crippen LogP contribution in [0.1, 0.15) is 25.5 Å². The molecule has 0 aliphatic rings. The van der Waals surface area contributed by atoms with Gasteiger partial charge in [0.1, 0.15) is 6.10 Å².